The quantitative estimate of drug-likeness (QED) is 0.616. The Bertz CT molecular complexity index is 331. The summed E-state index contributed by atoms with van der Waals surface area (Å²) in [7, 11) is 1.42. The van der Waals surface area contributed by atoms with Crippen LogP contribution in [0.25, 0.3) is 0 Å². The number of esters is 1. The van der Waals surface area contributed by atoms with Crippen LogP contribution < -0.4 is 2.89 Å². The number of unbranched alkanes of at least 4 members (excludes halogenated alkanes) is 1. The fourth-order valence-corrected chi connectivity index (χ4v) is 6.51. The number of ether oxygens (including phenoxy) is 1. The summed E-state index contributed by atoms with van der Waals surface area (Å²) in [6.45, 7) is 2.19. The molecule has 1 aromatic rings. The van der Waals surface area contributed by atoms with Crippen molar-refractivity contribution in [2.45, 2.75) is 19.8 Å². The molecular weight excluding hydrogens is 303 g/mol. The van der Waals surface area contributed by atoms with E-state index in [-0.39, 0.29) is 5.97 Å². The van der Waals surface area contributed by atoms with Gasteiger partial charge in [-0.2, -0.15) is 0 Å². The molecule has 0 unspecified atom stereocenters. The van der Waals surface area contributed by atoms with E-state index >= 15 is 0 Å². The standard InChI is InChI=1S/C6H5O2S.C4H8.Sn.H/c1-8-6(7)5-2-3-9-4-5;1-3-4-2;;/h2,4H,1H3;1H,3-4H2,2H3;;. The van der Waals surface area contributed by atoms with E-state index in [0.717, 1.165) is 0 Å². The van der Waals surface area contributed by atoms with Crippen molar-refractivity contribution in [3.8, 4) is 0 Å². The maximum atomic E-state index is 11.2. The van der Waals surface area contributed by atoms with Gasteiger partial charge in [0, 0.05) is 0 Å². The summed E-state index contributed by atoms with van der Waals surface area (Å²) in [5.41, 5.74) is 0.712. The molecule has 1 heterocycles. The zero-order valence-electron chi connectivity index (χ0n) is 8.45. The third-order valence-electron chi connectivity index (χ3n) is 1.78. The Balaban J connectivity index is 2.63. The van der Waals surface area contributed by atoms with Crippen LogP contribution in [0.2, 0.25) is 0 Å². The first-order valence-corrected chi connectivity index (χ1v) is 9.04. The normalized spacial score (nSPS) is 10.7. The summed E-state index contributed by atoms with van der Waals surface area (Å²) in [4.78, 5) is 11.2. The van der Waals surface area contributed by atoms with E-state index < -0.39 is 20.7 Å². The number of rotatable bonds is 4. The Kier molecular flexibility index (Phi) is 5.40. The van der Waals surface area contributed by atoms with Crippen molar-refractivity contribution >= 4 is 44.9 Å². The Morgan fingerprint density at radius 3 is 3.14 bits per heavy atom. The Morgan fingerprint density at radius 2 is 2.50 bits per heavy atom. The first kappa shape index (κ1) is 11.9. The molecule has 76 valence electrons. The molecule has 0 bridgehead atoms. The van der Waals surface area contributed by atoms with E-state index in [1.165, 1.54) is 22.8 Å². The second kappa shape index (κ2) is 6.35. The van der Waals surface area contributed by atoms with Crippen LogP contribution in [0.3, 0.4) is 0 Å². The summed E-state index contributed by atoms with van der Waals surface area (Å²) >= 11 is 0.996. The first-order valence-electron chi connectivity index (χ1n) is 4.61. The van der Waals surface area contributed by atoms with E-state index in [9.17, 15) is 4.79 Å². The van der Waals surface area contributed by atoms with Crippen molar-refractivity contribution in [3.63, 3.8) is 0 Å². The molecule has 0 fully saturated rings. The van der Waals surface area contributed by atoms with Crippen molar-refractivity contribution in [3.05, 3.63) is 17.0 Å². The number of hydrogen-bond acceptors (Lipinski definition) is 3. The topological polar surface area (TPSA) is 26.3 Å². The molecule has 1 rings (SSSR count). The Hall–Kier alpha value is -0.161. The van der Waals surface area contributed by atoms with Crippen LogP contribution in [0.4, 0.5) is 0 Å². The molecule has 0 saturated carbocycles. The number of methoxy groups -OCH3 is 1. The van der Waals surface area contributed by atoms with Gasteiger partial charge in [0.05, 0.1) is 0 Å². The summed E-state index contributed by atoms with van der Waals surface area (Å²) in [5.74, 6) is -0.217. The van der Waals surface area contributed by atoms with Crippen molar-refractivity contribution in [1.82, 2.24) is 0 Å². The maximum absolute atomic E-state index is 11.2. The average molecular weight is 317 g/mol. The molecule has 0 aliphatic rings. The summed E-state index contributed by atoms with van der Waals surface area (Å²) in [6, 6.07) is 1.99. The molecule has 0 atom stereocenters. The van der Waals surface area contributed by atoms with Crippen LogP contribution in [0, 0.1) is 0 Å². The molecular formula is C10H14O2SSn. The SMILES string of the molecule is CCC/[CH]=[SnH]\[c]1cc(C(=O)OC)cs1. The van der Waals surface area contributed by atoms with Gasteiger partial charge in [-0.15, -0.1) is 0 Å². The number of carbonyl (C=O) groups excluding carboxylic acids is 1. The van der Waals surface area contributed by atoms with Gasteiger partial charge in [0.2, 0.25) is 0 Å². The number of carbonyl (C=O) groups is 1. The second-order valence-corrected chi connectivity index (χ2v) is 9.13. The Morgan fingerprint density at radius 1 is 1.71 bits per heavy atom. The van der Waals surface area contributed by atoms with E-state index in [4.69, 9.17) is 0 Å². The van der Waals surface area contributed by atoms with Crippen molar-refractivity contribution in [2.75, 3.05) is 7.11 Å². The van der Waals surface area contributed by atoms with E-state index in [0.29, 0.717) is 5.56 Å². The second-order valence-electron chi connectivity index (χ2n) is 2.92. The van der Waals surface area contributed by atoms with Crippen LogP contribution in [0.1, 0.15) is 30.1 Å². The fourth-order valence-electron chi connectivity index (χ4n) is 1.03. The zero-order valence-corrected chi connectivity index (χ0v) is 12.6. The third kappa shape index (κ3) is 3.53. The molecule has 0 aromatic carbocycles. The minimum absolute atomic E-state index is 0.217. The van der Waals surface area contributed by atoms with Crippen LogP contribution >= 0.6 is 11.3 Å². The monoisotopic (exact) mass is 318 g/mol. The van der Waals surface area contributed by atoms with Gasteiger partial charge in [-0.05, 0) is 0 Å². The van der Waals surface area contributed by atoms with Gasteiger partial charge in [-0.1, -0.05) is 0 Å². The summed E-state index contributed by atoms with van der Waals surface area (Å²) in [5, 5.41) is 1.90. The molecule has 2 nitrogen and oxygen atoms in total. The van der Waals surface area contributed by atoms with Gasteiger partial charge in [0.25, 0.3) is 0 Å². The third-order valence-corrected chi connectivity index (χ3v) is 7.66. The molecule has 0 aliphatic heterocycles. The van der Waals surface area contributed by atoms with Gasteiger partial charge in [-0.25, -0.2) is 0 Å². The average Bonchev–Trinajstić information content (AvgIpc) is 2.66. The van der Waals surface area contributed by atoms with Crippen molar-refractivity contribution in [2.24, 2.45) is 0 Å². The predicted octanol–water partition coefficient (Wildman–Crippen LogP) is 1.20. The molecule has 0 saturated heterocycles. The fraction of sp³-hybridized carbons (Fsp3) is 0.400. The minimum atomic E-state index is -0.700. The van der Waals surface area contributed by atoms with Gasteiger partial charge in [-0.3, -0.25) is 0 Å². The van der Waals surface area contributed by atoms with Crippen LogP contribution in [0.15, 0.2) is 11.4 Å². The predicted molar refractivity (Wildman–Crippen MR) is 63.4 cm³/mol. The van der Waals surface area contributed by atoms with Crippen molar-refractivity contribution < 1.29 is 9.53 Å². The van der Waals surface area contributed by atoms with Crippen LogP contribution in [-0.4, -0.2) is 37.8 Å². The van der Waals surface area contributed by atoms with E-state index in [2.05, 4.69) is 15.7 Å². The summed E-state index contributed by atoms with van der Waals surface area (Å²) in [6.07, 6.45) is 2.44. The molecule has 14 heavy (non-hydrogen) atoms. The molecule has 0 amide bonds. The van der Waals surface area contributed by atoms with E-state index in [1.54, 1.807) is 11.3 Å². The van der Waals surface area contributed by atoms with Crippen molar-refractivity contribution in [1.29, 1.82) is 0 Å². The van der Waals surface area contributed by atoms with Crippen LogP contribution in [-0.2, 0) is 4.74 Å². The van der Waals surface area contributed by atoms with Crippen LogP contribution in [0.5, 0.6) is 0 Å². The molecule has 0 spiro atoms. The van der Waals surface area contributed by atoms with Gasteiger partial charge in [0.1, 0.15) is 0 Å². The summed E-state index contributed by atoms with van der Waals surface area (Å²) < 4.78 is 8.50. The first-order chi connectivity index (χ1) is 6.77. The number of thiophene rings is 1. The van der Waals surface area contributed by atoms with Gasteiger partial charge < -0.3 is 0 Å². The van der Waals surface area contributed by atoms with Gasteiger partial charge >= 0.3 is 98.3 Å². The molecule has 0 N–H and O–H groups in total. The zero-order chi connectivity index (χ0) is 10.4. The molecule has 4 heteroatoms. The Labute approximate surface area is 98.0 Å². The van der Waals surface area contributed by atoms with E-state index in [1.807, 2.05) is 11.4 Å². The van der Waals surface area contributed by atoms with Gasteiger partial charge in [0.15, 0.2) is 0 Å². The molecule has 0 radical (unpaired) electrons. The molecule has 1 aromatic heterocycles. The molecule has 0 aliphatic carbocycles. The number of hydrogen-bond donors (Lipinski definition) is 0.